The summed E-state index contributed by atoms with van der Waals surface area (Å²) in [5.41, 5.74) is 6.39. The molecule has 0 amide bonds. The summed E-state index contributed by atoms with van der Waals surface area (Å²) >= 11 is 0. The van der Waals surface area contributed by atoms with Crippen LogP contribution in [0, 0.1) is 5.41 Å². The fraction of sp³-hybridized carbons (Fsp3) is 0.458. The van der Waals surface area contributed by atoms with Crippen LogP contribution in [-0.2, 0) is 9.53 Å². The first-order chi connectivity index (χ1) is 12.3. The maximum atomic E-state index is 11.4. The molecule has 1 aliphatic carbocycles. The summed E-state index contributed by atoms with van der Waals surface area (Å²) in [5, 5.41) is 0. The lowest BCUT2D eigenvalue weighted by atomic mass is 9.72. The smallest absolute Gasteiger partial charge is 0.334 e. The lowest BCUT2D eigenvalue weighted by Crippen LogP contribution is -2.19. The van der Waals surface area contributed by atoms with E-state index in [4.69, 9.17) is 4.74 Å². The quantitative estimate of drug-likeness (QED) is 0.325. The molecule has 0 aromatic rings. The molecule has 0 radical (unpaired) electrons. The van der Waals surface area contributed by atoms with Crippen LogP contribution >= 0.6 is 0 Å². The van der Waals surface area contributed by atoms with Gasteiger partial charge in [-0.2, -0.15) is 0 Å². The zero-order chi connectivity index (χ0) is 19.2. The summed E-state index contributed by atoms with van der Waals surface area (Å²) in [6, 6.07) is 0. The van der Waals surface area contributed by atoms with Crippen molar-refractivity contribution in [3.8, 4) is 0 Å². The molecule has 0 atom stereocenters. The highest BCUT2D eigenvalue weighted by molar-refractivity contribution is 5.90. The van der Waals surface area contributed by atoms with E-state index in [0.717, 1.165) is 11.1 Å². The normalized spacial score (nSPS) is 23.6. The minimum atomic E-state index is -0.186. The first-order valence-corrected chi connectivity index (χ1v) is 9.57. The third kappa shape index (κ3) is 5.72. The van der Waals surface area contributed by atoms with Crippen LogP contribution in [0.1, 0.15) is 60.3 Å². The molecule has 1 heterocycles. The van der Waals surface area contributed by atoms with Gasteiger partial charge in [0.1, 0.15) is 0 Å². The molecular formula is C24H32O2. The molecule has 26 heavy (non-hydrogen) atoms. The van der Waals surface area contributed by atoms with Gasteiger partial charge in [0.05, 0.1) is 6.61 Å². The molecular weight excluding hydrogens is 320 g/mol. The van der Waals surface area contributed by atoms with Crippen molar-refractivity contribution in [3.05, 3.63) is 70.4 Å². The minimum absolute atomic E-state index is 0.186. The Morgan fingerprint density at radius 1 is 1.08 bits per heavy atom. The predicted octanol–water partition coefficient (Wildman–Crippen LogP) is 6.39. The van der Waals surface area contributed by atoms with Crippen LogP contribution in [0.3, 0.4) is 0 Å². The Morgan fingerprint density at radius 2 is 1.81 bits per heavy atom. The highest BCUT2D eigenvalue weighted by Gasteiger charge is 2.26. The summed E-state index contributed by atoms with van der Waals surface area (Å²) in [4.78, 5) is 11.4. The summed E-state index contributed by atoms with van der Waals surface area (Å²) < 4.78 is 4.93. The van der Waals surface area contributed by atoms with Crippen LogP contribution in [0.2, 0.25) is 0 Å². The van der Waals surface area contributed by atoms with E-state index in [2.05, 4.69) is 58.1 Å². The van der Waals surface area contributed by atoms with Crippen molar-refractivity contribution in [2.75, 3.05) is 6.61 Å². The van der Waals surface area contributed by atoms with E-state index in [0.29, 0.717) is 13.0 Å². The van der Waals surface area contributed by atoms with Crippen LogP contribution in [0.5, 0.6) is 0 Å². The standard InChI is InChI=1S/C24H32O2/c1-18(11-13-21-15-17-26-23(21)25)8-6-9-19(2)12-14-22-20(3)10-7-16-24(22,4)5/h6,8-9,11-14H,7,10,15-17H2,1-5H3. The molecule has 0 spiro atoms. The van der Waals surface area contributed by atoms with Crippen molar-refractivity contribution in [1.29, 1.82) is 0 Å². The van der Waals surface area contributed by atoms with Gasteiger partial charge in [0.25, 0.3) is 0 Å². The molecule has 1 fully saturated rings. The Labute approximate surface area is 158 Å². The summed E-state index contributed by atoms with van der Waals surface area (Å²) in [5.74, 6) is -0.186. The fourth-order valence-electron chi connectivity index (χ4n) is 3.52. The van der Waals surface area contributed by atoms with Crippen molar-refractivity contribution >= 4 is 5.97 Å². The highest BCUT2D eigenvalue weighted by atomic mass is 16.5. The molecule has 2 nitrogen and oxygen atoms in total. The number of hydrogen-bond donors (Lipinski definition) is 0. The Kier molecular flexibility index (Phi) is 7.02. The van der Waals surface area contributed by atoms with Crippen LogP contribution < -0.4 is 0 Å². The molecule has 140 valence electrons. The van der Waals surface area contributed by atoms with Gasteiger partial charge in [0.15, 0.2) is 0 Å². The molecule has 0 bridgehead atoms. The van der Waals surface area contributed by atoms with Gasteiger partial charge < -0.3 is 4.74 Å². The van der Waals surface area contributed by atoms with Crippen molar-refractivity contribution in [2.45, 2.75) is 60.3 Å². The van der Waals surface area contributed by atoms with Crippen LogP contribution in [0.25, 0.3) is 0 Å². The number of esters is 1. The lowest BCUT2D eigenvalue weighted by Gasteiger charge is -2.32. The number of cyclic esters (lactones) is 1. The van der Waals surface area contributed by atoms with Crippen LogP contribution in [-0.4, -0.2) is 12.6 Å². The van der Waals surface area contributed by atoms with Gasteiger partial charge in [-0.25, -0.2) is 4.79 Å². The molecule has 2 heteroatoms. The van der Waals surface area contributed by atoms with Crippen LogP contribution in [0.15, 0.2) is 70.4 Å². The first-order valence-electron chi connectivity index (χ1n) is 9.57. The molecule has 0 saturated carbocycles. The van der Waals surface area contributed by atoms with Gasteiger partial charge in [-0.3, -0.25) is 0 Å². The van der Waals surface area contributed by atoms with E-state index in [1.165, 1.54) is 36.0 Å². The number of carbonyl (C=O) groups is 1. The molecule has 1 aliphatic heterocycles. The van der Waals surface area contributed by atoms with Crippen molar-refractivity contribution in [1.82, 2.24) is 0 Å². The van der Waals surface area contributed by atoms with Crippen molar-refractivity contribution in [3.63, 3.8) is 0 Å². The maximum Gasteiger partial charge on any atom is 0.334 e. The van der Waals surface area contributed by atoms with Crippen molar-refractivity contribution in [2.24, 2.45) is 5.41 Å². The van der Waals surface area contributed by atoms with E-state index in [1.807, 2.05) is 19.1 Å². The molecule has 1 saturated heterocycles. The Bertz CT molecular complexity index is 721. The average molecular weight is 353 g/mol. The van der Waals surface area contributed by atoms with E-state index >= 15 is 0 Å². The SMILES string of the molecule is CC(C=CC1=C(C)CCCC1(C)C)=CC=CC(C)=CC=C1CCOC1=O. The Hall–Kier alpha value is -2.09. The Balaban J connectivity index is 1.99. The number of hydrogen-bond acceptors (Lipinski definition) is 2. The fourth-order valence-corrected chi connectivity index (χ4v) is 3.52. The lowest BCUT2D eigenvalue weighted by molar-refractivity contribution is -0.135. The monoisotopic (exact) mass is 352 g/mol. The van der Waals surface area contributed by atoms with E-state index in [1.54, 1.807) is 0 Å². The zero-order valence-corrected chi connectivity index (χ0v) is 16.9. The predicted molar refractivity (Wildman–Crippen MR) is 110 cm³/mol. The number of ether oxygens (including phenoxy) is 1. The summed E-state index contributed by atoms with van der Waals surface area (Å²) in [6.07, 6.45) is 19.1. The highest BCUT2D eigenvalue weighted by Crippen LogP contribution is 2.40. The minimum Gasteiger partial charge on any atom is -0.462 e. The second-order valence-corrected chi connectivity index (χ2v) is 8.02. The largest absolute Gasteiger partial charge is 0.462 e. The van der Waals surface area contributed by atoms with Gasteiger partial charge in [0, 0.05) is 12.0 Å². The molecule has 0 N–H and O–H groups in total. The molecule has 0 aromatic carbocycles. The summed E-state index contributed by atoms with van der Waals surface area (Å²) in [6.45, 7) is 11.6. The topological polar surface area (TPSA) is 26.3 Å². The first kappa shape index (κ1) is 20.2. The molecule has 2 aliphatic rings. The molecule has 0 unspecified atom stereocenters. The molecule has 0 aromatic heterocycles. The maximum absolute atomic E-state index is 11.4. The zero-order valence-electron chi connectivity index (χ0n) is 16.9. The Morgan fingerprint density at radius 3 is 2.46 bits per heavy atom. The third-order valence-electron chi connectivity index (χ3n) is 5.19. The second-order valence-electron chi connectivity index (χ2n) is 8.02. The van der Waals surface area contributed by atoms with Gasteiger partial charge in [-0.05, 0) is 51.0 Å². The second kappa shape index (κ2) is 9.02. The van der Waals surface area contributed by atoms with Gasteiger partial charge in [-0.15, -0.1) is 0 Å². The number of allylic oxidation sites excluding steroid dienone is 11. The summed E-state index contributed by atoms with van der Waals surface area (Å²) in [7, 11) is 0. The third-order valence-corrected chi connectivity index (χ3v) is 5.19. The van der Waals surface area contributed by atoms with Gasteiger partial charge in [0.2, 0.25) is 0 Å². The van der Waals surface area contributed by atoms with E-state index in [-0.39, 0.29) is 11.4 Å². The van der Waals surface area contributed by atoms with Crippen molar-refractivity contribution < 1.29 is 9.53 Å². The average Bonchev–Trinajstić information content (AvgIpc) is 2.97. The van der Waals surface area contributed by atoms with Gasteiger partial charge >= 0.3 is 5.97 Å². The van der Waals surface area contributed by atoms with E-state index in [9.17, 15) is 4.79 Å². The van der Waals surface area contributed by atoms with E-state index < -0.39 is 0 Å². The van der Waals surface area contributed by atoms with Crippen LogP contribution in [0.4, 0.5) is 0 Å². The number of rotatable bonds is 5. The van der Waals surface area contributed by atoms with Gasteiger partial charge in [-0.1, -0.05) is 73.1 Å². The molecule has 2 rings (SSSR count). The number of carbonyl (C=O) groups excluding carboxylic acids is 1.